The summed E-state index contributed by atoms with van der Waals surface area (Å²) >= 11 is 0. The number of hydrogen-bond acceptors (Lipinski definition) is 3. The lowest BCUT2D eigenvalue weighted by atomic mass is 10.1. The molecule has 1 saturated heterocycles. The highest BCUT2D eigenvalue weighted by Crippen LogP contribution is 2.08. The second-order valence-corrected chi connectivity index (χ2v) is 5.14. The number of nitrogens with one attached hydrogen (secondary N) is 2. The zero-order valence-corrected chi connectivity index (χ0v) is 11.3. The van der Waals surface area contributed by atoms with Crippen molar-refractivity contribution in [2.75, 3.05) is 6.54 Å². The van der Waals surface area contributed by atoms with Gasteiger partial charge in [0.25, 0.3) is 0 Å². The van der Waals surface area contributed by atoms with Crippen LogP contribution < -0.4 is 10.6 Å². The van der Waals surface area contributed by atoms with Gasteiger partial charge in [0.1, 0.15) is 6.04 Å². The van der Waals surface area contributed by atoms with E-state index in [9.17, 15) is 9.59 Å². The highest BCUT2D eigenvalue weighted by atomic mass is 16.4. The van der Waals surface area contributed by atoms with Crippen LogP contribution in [0.2, 0.25) is 0 Å². The lowest BCUT2D eigenvalue weighted by Gasteiger charge is -2.11. The second kappa shape index (κ2) is 7.05. The minimum Gasteiger partial charge on any atom is -0.480 e. The van der Waals surface area contributed by atoms with Crippen molar-refractivity contribution in [2.45, 2.75) is 37.8 Å². The Bertz CT molecular complexity index is 461. The first-order chi connectivity index (χ1) is 9.65. The molecular formula is C15H20N2O3. The van der Waals surface area contributed by atoms with E-state index < -0.39 is 12.0 Å². The van der Waals surface area contributed by atoms with Crippen LogP contribution >= 0.6 is 0 Å². The van der Waals surface area contributed by atoms with Crippen LogP contribution in [0.15, 0.2) is 30.3 Å². The van der Waals surface area contributed by atoms with E-state index in [-0.39, 0.29) is 11.9 Å². The molecule has 20 heavy (non-hydrogen) atoms. The maximum Gasteiger partial charge on any atom is 0.320 e. The van der Waals surface area contributed by atoms with E-state index in [0.29, 0.717) is 19.4 Å². The molecule has 0 aromatic heterocycles. The van der Waals surface area contributed by atoms with Gasteiger partial charge in [0.05, 0.1) is 0 Å². The highest BCUT2D eigenvalue weighted by Gasteiger charge is 2.29. The Morgan fingerprint density at radius 3 is 2.70 bits per heavy atom. The number of amides is 1. The number of carboxylic acid groups (broad SMARTS) is 1. The topological polar surface area (TPSA) is 78.4 Å². The van der Waals surface area contributed by atoms with Crippen molar-refractivity contribution in [3.05, 3.63) is 35.9 Å². The highest BCUT2D eigenvalue weighted by molar-refractivity contribution is 5.77. The summed E-state index contributed by atoms with van der Waals surface area (Å²) in [6.45, 7) is 0.529. The third-order valence-corrected chi connectivity index (χ3v) is 3.51. The first-order valence-electron chi connectivity index (χ1n) is 6.94. The zero-order valence-electron chi connectivity index (χ0n) is 11.3. The van der Waals surface area contributed by atoms with Crippen molar-refractivity contribution in [3.8, 4) is 0 Å². The molecule has 2 atom stereocenters. The van der Waals surface area contributed by atoms with Gasteiger partial charge in [-0.05, 0) is 24.8 Å². The van der Waals surface area contributed by atoms with E-state index in [0.717, 1.165) is 12.8 Å². The van der Waals surface area contributed by atoms with Crippen molar-refractivity contribution in [1.29, 1.82) is 0 Å². The van der Waals surface area contributed by atoms with E-state index in [1.165, 1.54) is 5.56 Å². The largest absolute Gasteiger partial charge is 0.480 e. The van der Waals surface area contributed by atoms with Gasteiger partial charge in [-0.25, -0.2) is 0 Å². The summed E-state index contributed by atoms with van der Waals surface area (Å²) < 4.78 is 0. The Morgan fingerprint density at radius 2 is 2.05 bits per heavy atom. The van der Waals surface area contributed by atoms with Crippen molar-refractivity contribution in [2.24, 2.45) is 0 Å². The molecule has 1 amide bonds. The van der Waals surface area contributed by atoms with E-state index in [1.807, 2.05) is 18.2 Å². The summed E-state index contributed by atoms with van der Waals surface area (Å²) in [5.74, 6) is -0.857. The van der Waals surface area contributed by atoms with Crippen LogP contribution in [0.1, 0.15) is 24.8 Å². The predicted octanol–water partition coefficient (Wildman–Crippen LogP) is 0.941. The number of rotatable bonds is 6. The quantitative estimate of drug-likeness (QED) is 0.722. The number of aryl methyl sites for hydroxylation is 1. The van der Waals surface area contributed by atoms with Gasteiger partial charge in [0.2, 0.25) is 5.91 Å². The van der Waals surface area contributed by atoms with Crippen LogP contribution in [-0.2, 0) is 16.0 Å². The molecule has 0 aliphatic carbocycles. The van der Waals surface area contributed by atoms with Crippen LogP contribution in [0.4, 0.5) is 0 Å². The fraction of sp³-hybridized carbons (Fsp3) is 0.467. The smallest absolute Gasteiger partial charge is 0.320 e. The van der Waals surface area contributed by atoms with Crippen LogP contribution in [0.3, 0.4) is 0 Å². The first-order valence-corrected chi connectivity index (χ1v) is 6.94. The van der Waals surface area contributed by atoms with Gasteiger partial charge in [0.15, 0.2) is 0 Å². The molecule has 0 saturated carbocycles. The van der Waals surface area contributed by atoms with Crippen molar-refractivity contribution in [3.63, 3.8) is 0 Å². The molecule has 5 heteroatoms. The van der Waals surface area contributed by atoms with Gasteiger partial charge in [-0.1, -0.05) is 30.3 Å². The maximum atomic E-state index is 11.8. The van der Waals surface area contributed by atoms with Gasteiger partial charge in [-0.2, -0.15) is 0 Å². The average Bonchev–Trinajstić information content (AvgIpc) is 2.88. The molecule has 108 valence electrons. The third kappa shape index (κ3) is 4.35. The molecule has 1 aliphatic heterocycles. The molecule has 0 unspecified atom stereocenters. The monoisotopic (exact) mass is 276 g/mol. The summed E-state index contributed by atoms with van der Waals surface area (Å²) in [6.07, 6.45) is 2.62. The normalized spacial score (nSPS) is 21.6. The molecule has 1 aromatic rings. The maximum absolute atomic E-state index is 11.8. The van der Waals surface area contributed by atoms with Crippen LogP contribution in [0.25, 0.3) is 0 Å². The summed E-state index contributed by atoms with van der Waals surface area (Å²) in [4.78, 5) is 22.6. The molecule has 0 bridgehead atoms. The first kappa shape index (κ1) is 14.5. The van der Waals surface area contributed by atoms with Crippen molar-refractivity contribution >= 4 is 11.9 Å². The van der Waals surface area contributed by atoms with E-state index in [1.54, 1.807) is 0 Å². The fourth-order valence-corrected chi connectivity index (χ4v) is 2.43. The van der Waals surface area contributed by atoms with Crippen LogP contribution in [0, 0.1) is 0 Å². The SMILES string of the molecule is O=C(CCCc1ccccc1)N[C@@H]1CN[C@H](C(=O)O)C1. The van der Waals surface area contributed by atoms with Gasteiger partial charge >= 0.3 is 5.97 Å². The molecular weight excluding hydrogens is 256 g/mol. The lowest BCUT2D eigenvalue weighted by molar-refractivity contribution is -0.139. The summed E-state index contributed by atoms with van der Waals surface area (Å²) in [6, 6.07) is 9.45. The van der Waals surface area contributed by atoms with Crippen molar-refractivity contribution < 1.29 is 14.7 Å². The second-order valence-electron chi connectivity index (χ2n) is 5.14. The van der Waals surface area contributed by atoms with E-state index >= 15 is 0 Å². The average molecular weight is 276 g/mol. The molecule has 0 radical (unpaired) electrons. The Morgan fingerprint density at radius 1 is 1.30 bits per heavy atom. The van der Waals surface area contributed by atoms with Gasteiger partial charge < -0.3 is 15.7 Å². The molecule has 2 rings (SSSR count). The summed E-state index contributed by atoms with van der Waals surface area (Å²) in [7, 11) is 0. The van der Waals surface area contributed by atoms with Crippen LogP contribution in [-0.4, -0.2) is 35.6 Å². The molecule has 1 aromatic carbocycles. The van der Waals surface area contributed by atoms with Gasteiger partial charge in [-0.15, -0.1) is 0 Å². The number of benzene rings is 1. The summed E-state index contributed by atoms with van der Waals surface area (Å²) in [5.41, 5.74) is 1.23. The predicted molar refractivity (Wildman–Crippen MR) is 75.4 cm³/mol. The molecule has 1 heterocycles. The zero-order chi connectivity index (χ0) is 14.4. The number of carboxylic acids is 1. The number of aliphatic carboxylic acids is 1. The van der Waals surface area contributed by atoms with E-state index in [2.05, 4.69) is 22.8 Å². The molecule has 1 aliphatic rings. The number of carbonyl (C=O) groups is 2. The lowest BCUT2D eigenvalue weighted by Crippen LogP contribution is -2.36. The van der Waals surface area contributed by atoms with Crippen molar-refractivity contribution in [1.82, 2.24) is 10.6 Å². The minimum atomic E-state index is -0.856. The van der Waals surface area contributed by atoms with Crippen LogP contribution in [0.5, 0.6) is 0 Å². The Kier molecular flexibility index (Phi) is 5.12. The Balaban J connectivity index is 1.65. The Labute approximate surface area is 118 Å². The van der Waals surface area contributed by atoms with Gasteiger partial charge in [-0.3, -0.25) is 9.59 Å². The molecule has 3 N–H and O–H groups in total. The van der Waals surface area contributed by atoms with Gasteiger partial charge in [0, 0.05) is 19.0 Å². The molecule has 0 spiro atoms. The summed E-state index contributed by atoms with van der Waals surface area (Å²) in [5, 5.41) is 14.6. The standard InChI is InChI=1S/C15H20N2O3/c18-14(8-4-7-11-5-2-1-3-6-11)17-12-9-13(15(19)20)16-10-12/h1-3,5-6,12-13,16H,4,7-10H2,(H,17,18)(H,19,20)/t12-,13-/m0/s1. The van der Waals surface area contributed by atoms with E-state index in [4.69, 9.17) is 5.11 Å². The molecule has 1 fully saturated rings. The fourth-order valence-electron chi connectivity index (χ4n) is 2.43. The third-order valence-electron chi connectivity index (χ3n) is 3.51. The number of carbonyl (C=O) groups excluding carboxylic acids is 1. The number of hydrogen-bond donors (Lipinski definition) is 3. The molecule has 5 nitrogen and oxygen atoms in total. The Hall–Kier alpha value is -1.88. The minimum absolute atomic E-state index is 0.00114.